The van der Waals surface area contributed by atoms with Gasteiger partial charge in [0.15, 0.2) is 5.76 Å². The first kappa shape index (κ1) is 8.90. The zero-order chi connectivity index (χ0) is 9.97. The fourth-order valence-electron chi connectivity index (χ4n) is 1.24. The van der Waals surface area contributed by atoms with Crippen molar-refractivity contribution in [2.45, 2.75) is 6.61 Å². The average molecular weight is 193 g/mol. The van der Waals surface area contributed by atoms with Gasteiger partial charge in [-0.15, -0.1) is 0 Å². The molecular formula is C10H8FNO2. The number of aliphatic hydroxyl groups excluding tert-OH is 1. The predicted molar refractivity (Wildman–Crippen MR) is 47.8 cm³/mol. The monoisotopic (exact) mass is 193 g/mol. The van der Waals surface area contributed by atoms with Crippen molar-refractivity contribution < 1.29 is 14.0 Å². The first-order valence-corrected chi connectivity index (χ1v) is 4.11. The Hall–Kier alpha value is -1.68. The van der Waals surface area contributed by atoms with E-state index in [4.69, 9.17) is 9.63 Å². The zero-order valence-corrected chi connectivity index (χ0v) is 7.27. The van der Waals surface area contributed by atoms with Crippen LogP contribution in [0.4, 0.5) is 4.39 Å². The van der Waals surface area contributed by atoms with Gasteiger partial charge in [-0.2, -0.15) is 0 Å². The quantitative estimate of drug-likeness (QED) is 0.793. The Bertz CT molecular complexity index is 422. The minimum Gasteiger partial charge on any atom is -0.388 e. The van der Waals surface area contributed by atoms with Gasteiger partial charge in [-0.05, 0) is 17.7 Å². The third-order valence-corrected chi connectivity index (χ3v) is 1.94. The fraction of sp³-hybridized carbons (Fsp3) is 0.100. The van der Waals surface area contributed by atoms with E-state index in [-0.39, 0.29) is 12.4 Å². The molecule has 0 aliphatic carbocycles. The van der Waals surface area contributed by atoms with E-state index < -0.39 is 0 Å². The van der Waals surface area contributed by atoms with E-state index in [1.54, 1.807) is 12.1 Å². The number of aromatic nitrogens is 1. The largest absolute Gasteiger partial charge is 0.388 e. The molecule has 0 aliphatic heterocycles. The second-order valence-electron chi connectivity index (χ2n) is 2.83. The molecule has 1 aromatic carbocycles. The molecule has 1 aromatic heterocycles. The Labute approximate surface area is 79.8 Å². The van der Waals surface area contributed by atoms with Crippen LogP contribution in [0.3, 0.4) is 0 Å². The second-order valence-corrected chi connectivity index (χ2v) is 2.83. The van der Waals surface area contributed by atoms with Gasteiger partial charge < -0.3 is 9.63 Å². The summed E-state index contributed by atoms with van der Waals surface area (Å²) in [5.74, 6) is 0.0901. The topological polar surface area (TPSA) is 46.3 Å². The van der Waals surface area contributed by atoms with E-state index in [0.29, 0.717) is 11.3 Å². The van der Waals surface area contributed by atoms with Crippen LogP contribution in [0.2, 0.25) is 0 Å². The summed E-state index contributed by atoms with van der Waals surface area (Å²) in [4.78, 5) is 0. The number of nitrogens with zero attached hydrogens (tertiary/aromatic N) is 1. The average Bonchev–Trinajstić information content (AvgIpc) is 2.67. The van der Waals surface area contributed by atoms with Crippen LogP contribution < -0.4 is 0 Å². The van der Waals surface area contributed by atoms with Crippen LogP contribution in [-0.2, 0) is 6.61 Å². The number of aliphatic hydroxyl groups is 1. The minimum atomic E-state index is -0.296. The van der Waals surface area contributed by atoms with Gasteiger partial charge in [-0.3, -0.25) is 0 Å². The van der Waals surface area contributed by atoms with Crippen molar-refractivity contribution in [2.24, 2.45) is 0 Å². The van der Waals surface area contributed by atoms with Crippen molar-refractivity contribution in [2.75, 3.05) is 0 Å². The van der Waals surface area contributed by atoms with Gasteiger partial charge in [0, 0.05) is 5.56 Å². The van der Waals surface area contributed by atoms with E-state index in [0.717, 1.165) is 5.56 Å². The lowest BCUT2D eigenvalue weighted by Gasteiger charge is -1.97. The summed E-state index contributed by atoms with van der Waals surface area (Å²) in [5.41, 5.74) is 1.46. The minimum absolute atomic E-state index is 0.216. The van der Waals surface area contributed by atoms with Gasteiger partial charge in [0.1, 0.15) is 12.4 Å². The van der Waals surface area contributed by atoms with Crippen molar-refractivity contribution in [3.05, 3.63) is 42.0 Å². The molecule has 3 nitrogen and oxygen atoms in total. The Kier molecular flexibility index (Phi) is 2.28. The van der Waals surface area contributed by atoms with Crippen molar-refractivity contribution in [1.29, 1.82) is 0 Å². The van der Waals surface area contributed by atoms with Gasteiger partial charge in [-0.1, -0.05) is 17.3 Å². The number of rotatable bonds is 2. The summed E-state index contributed by atoms with van der Waals surface area (Å²) >= 11 is 0. The van der Waals surface area contributed by atoms with Gasteiger partial charge >= 0.3 is 0 Å². The summed E-state index contributed by atoms with van der Waals surface area (Å²) < 4.78 is 17.4. The lowest BCUT2D eigenvalue weighted by molar-refractivity contribution is 0.229. The molecule has 0 amide bonds. The first-order valence-electron chi connectivity index (χ1n) is 4.11. The molecule has 0 saturated carbocycles. The fourth-order valence-corrected chi connectivity index (χ4v) is 1.24. The number of benzene rings is 1. The first-order chi connectivity index (χ1) is 6.81. The third kappa shape index (κ3) is 1.52. The Morgan fingerprint density at radius 2 is 2.00 bits per heavy atom. The highest BCUT2D eigenvalue weighted by atomic mass is 19.1. The number of hydrogen-bond acceptors (Lipinski definition) is 3. The van der Waals surface area contributed by atoms with E-state index in [2.05, 4.69) is 5.16 Å². The van der Waals surface area contributed by atoms with Gasteiger partial charge in [0.2, 0.25) is 0 Å². The molecular weight excluding hydrogens is 185 g/mol. The molecule has 0 atom stereocenters. The van der Waals surface area contributed by atoms with E-state index in [1.807, 2.05) is 0 Å². The number of hydrogen-bond donors (Lipinski definition) is 1. The molecule has 2 rings (SSSR count). The molecule has 1 N–H and O–H groups in total. The molecule has 2 aromatic rings. The zero-order valence-electron chi connectivity index (χ0n) is 7.27. The Balaban J connectivity index is 2.44. The van der Waals surface area contributed by atoms with Crippen molar-refractivity contribution >= 4 is 0 Å². The lowest BCUT2D eigenvalue weighted by atomic mass is 10.1. The smallest absolute Gasteiger partial charge is 0.169 e. The van der Waals surface area contributed by atoms with Gasteiger partial charge in [-0.25, -0.2) is 4.39 Å². The van der Waals surface area contributed by atoms with Crippen LogP contribution in [0.5, 0.6) is 0 Å². The molecule has 0 saturated heterocycles. The predicted octanol–water partition coefficient (Wildman–Crippen LogP) is 1.97. The van der Waals surface area contributed by atoms with Crippen molar-refractivity contribution in [3.8, 4) is 11.1 Å². The Morgan fingerprint density at radius 3 is 2.64 bits per heavy atom. The summed E-state index contributed by atoms with van der Waals surface area (Å²) in [5, 5.41) is 12.5. The maximum atomic E-state index is 12.6. The highest BCUT2D eigenvalue weighted by Gasteiger charge is 2.08. The summed E-state index contributed by atoms with van der Waals surface area (Å²) in [6.07, 6.45) is 1.50. The van der Waals surface area contributed by atoms with Crippen LogP contribution in [0.15, 0.2) is 35.0 Å². The molecule has 4 heteroatoms. The van der Waals surface area contributed by atoms with E-state index >= 15 is 0 Å². The van der Waals surface area contributed by atoms with Crippen LogP contribution in [0, 0.1) is 5.82 Å². The van der Waals surface area contributed by atoms with Crippen molar-refractivity contribution in [1.82, 2.24) is 5.16 Å². The maximum Gasteiger partial charge on any atom is 0.169 e. The molecule has 0 bridgehead atoms. The van der Waals surface area contributed by atoms with E-state index in [1.165, 1.54) is 18.3 Å². The molecule has 1 heterocycles. The molecule has 0 radical (unpaired) electrons. The Morgan fingerprint density at radius 1 is 1.29 bits per heavy atom. The highest BCUT2D eigenvalue weighted by Crippen LogP contribution is 2.23. The number of halogens is 1. The SMILES string of the molecule is OCc1oncc1-c1ccc(F)cc1. The third-order valence-electron chi connectivity index (χ3n) is 1.94. The highest BCUT2D eigenvalue weighted by molar-refractivity contribution is 5.64. The molecule has 72 valence electrons. The molecule has 0 spiro atoms. The van der Waals surface area contributed by atoms with Crippen LogP contribution in [-0.4, -0.2) is 10.3 Å². The van der Waals surface area contributed by atoms with Crippen LogP contribution >= 0.6 is 0 Å². The normalized spacial score (nSPS) is 10.4. The van der Waals surface area contributed by atoms with Gasteiger partial charge in [0.05, 0.1) is 6.20 Å². The summed E-state index contributed by atoms with van der Waals surface area (Å²) in [6, 6.07) is 5.93. The molecule has 0 unspecified atom stereocenters. The molecule has 0 fully saturated rings. The van der Waals surface area contributed by atoms with E-state index in [9.17, 15) is 4.39 Å². The summed E-state index contributed by atoms with van der Waals surface area (Å²) in [6.45, 7) is -0.216. The second kappa shape index (κ2) is 3.59. The van der Waals surface area contributed by atoms with Gasteiger partial charge in [0.25, 0.3) is 0 Å². The molecule has 0 aliphatic rings. The van der Waals surface area contributed by atoms with Crippen LogP contribution in [0.1, 0.15) is 5.76 Å². The lowest BCUT2D eigenvalue weighted by Crippen LogP contribution is -1.83. The maximum absolute atomic E-state index is 12.6. The van der Waals surface area contributed by atoms with Crippen molar-refractivity contribution in [3.63, 3.8) is 0 Å². The standard InChI is InChI=1S/C10H8FNO2/c11-8-3-1-7(2-4-8)9-5-12-14-10(9)6-13/h1-5,13H,6H2. The molecule has 14 heavy (non-hydrogen) atoms. The summed E-state index contributed by atoms with van der Waals surface area (Å²) in [7, 11) is 0. The van der Waals surface area contributed by atoms with Crippen LogP contribution in [0.25, 0.3) is 11.1 Å².